The molecular formula is C19H15ClN2O4. The van der Waals surface area contributed by atoms with Crippen molar-refractivity contribution in [3.63, 3.8) is 0 Å². The minimum Gasteiger partial charge on any atom is -0.496 e. The lowest BCUT2D eigenvalue weighted by molar-refractivity contribution is -0.122. The van der Waals surface area contributed by atoms with E-state index in [1.165, 1.54) is 13.2 Å². The van der Waals surface area contributed by atoms with Crippen LogP contribution in [0.1, 0.15) is 11.1 Å². The number of halogens is 1. The van der Waals surface area contributed by atoms with E-state index in [1.54, 1.807) is 42.5 Å². The quantitative estimate of drug-likeness (QED) is 0.664. The van der Waals surface area contributed by atoms with E-state index >= 15 is 0 Å². The minimum atomic E-state index is -0.793. The number of methoxy groups -OCH3 is 1. The molecule has 0 bridgehead atoms. The molecule has 26 heavy (non-hydrogen) atoms. The van der Waals surface area contributed by atoms with Crippen LogP contribution in [0.4, 0.5) is 10.5 Å². The fourth-order valence-electron chi connectivity index (χ4n) is 2.56. The molecule has 7 heteroatoms. The zero-order valence-corrected chi connectivity index (χ0v) is 14.8. The number of nitrogens with zero attached hydrogens (tertiary/aromatic N) is 1. The molecule has 1 fully saturated rings. The number of barbiturate groups is 1. The Labute approximate surface area is 155 Å². The number of carbonyl (C=O) groups excluding carboxylic acids is 3. The van der Waals surface area contributed by atoms with Crippen LogP contribution in [-0.4, -0.2) is 25.0 Å². The number of nitrogens with one attached hydrogen (secondary N) is 1. The third kappa shape index (κ3) is 3.32. The summed E-state index contributed by atoms with van der Waals surface area (Å²) < 4.78 is 5.23. The molecule has 3 rings (SSSR count). The molecule has 0 radical (unpaired) electrons. The van der Waals surface area contributed by atoms with Gasteiger partial charge >= 0.3 is 6.03 Å². The van der Waals surface area contributed by atoms with Crippen molar-refractivity contribution in [1.82, 2.24) is 5.32 Å². The van der Waals surface area contributed by atoms with Crippen molar-refractivity contribution < 1.29 is 19.1 Å². The molecule has 0 spiro atoms. The molecule has 4 amide bonds. The third-order valence-corrected chi connectivity index (χ3v) is 4.12. The summed E-state index contributed by atoms with van der Waals surface area (Å²) in [6, 6.07) is 10.9. The van der Waals surface area contributed by atoms with Gasteiger partial charge in [0.05, 0.1) is 12.8 Å². The molecule has 0 aliphatic carbocycles. The highest BCUT2D eigenvalue weighted by Crippen LogP contribution is 2.27. The van der Waals surface area contributed by atoms with E-state index in [9.17, 15) is 14.4 Å². The fraction of sp³-hybridized carbons (Fsp3) is 0.105. The number of urea groups is 1. The second kappa shape index (κ2) is 7.01. The lowest BCUT2D eigenvalue weighted by Gasteiger charge is -2.26. The molecule has 1 aliphatic rings. The Kier molecular flexibility index (Phi) is 4.77. The number of benzene rings is 2. The van der Waals surface area contributed by atoms with Crippen molar-refractivity contribution in [3.8, 4) is 5.75 Å². The van der Waals surface area contributed by atoms with Crippen LogP contribution >= 0.6 is 11.6 Å². The van der Waals surface area contributed by atoms with Crippen LogP contribution in [-0.2, 0) is 9.59 Å². The number of hydrogen-bond donors (Lipinski definition) is 1. The molecule has 0 atom stereocenters. The molecule has 0 aromatic heterocycles. The standard InChI is InChI=1S/C19H15ClN2O4/c1-11-3-6-14(7-4-11)22-18(24)15(17(23)21-19(22)25)10-12-9-13(20)5-8-16(12)26-2/h3-10H,1-2H3,(H,21,23,25)/b15-10+. The Morgan fingerprint density at radius 1 is 1.08 bits per heavy atom. The molecule has 1 heterocycles. The first kappa shape index (κ1) is 17.7. The Bertz CT molecular complexity index is 935. The number of imide groups is 2. The van der Waals surface area contributed by atoms with Gasteiger partial charge in [-0.3, -0.25) is 14.9 Å². The van der Waals surface area contributed by atoms with Gasteiger partial charge in [0.1, 0.15) is 11.3 Å². The van der Waals surface area contributed by atoms with E-state index in [4.69, 9.17) is 16.3 Å². The van der Waals surface area contributed by atoms with E-state index in [0.717, 1.165) is 10.5 Å². The number of amides is 4. The van der Waals surface area contributed by atoms with Crippen LogP contribution in [0, 0.1) is 6.92 Å². The first-order valence-corrected chi connectivity index (χ1v) is 8.10. The summed E-state index contributed by atoms with van der Waals surface area (Å²) in [7, 11) is 1.47. The molecule has 1 aliphatic heterocycles. The second-order valence-corrected chi connectivity index (χ2v) is 6.12. The molecular weight excluding hydrogens is 356 g/mol. The Morgan fingerprint density at radius 3 is 2.42 bits per heavy atom. The van der Waals surface area contributed by atoms with Crippen molar-refractivity contribution in [2.24, 2.45) is 0 Å². The van der Waals surface area contributed by atoms with E-state index < -0.39 is 17.8 Å². The van der Waals surface area contributed by atoms with Crippen molar-refractivity contribution in [2.75, 3.05) is 12.0 Å². The highest BCUT2D eigenvalue weighted by atomic mass is 35.5. The highest BCUT2D eigenvalue weighted by molar-refractivity contribution is 6.39. The van der Waals surface area contributed by atoms with Crippen LogP contribution in [0.2, 0.25) is 5.02 Å². The summed E-state index contributed by atoms with van der Waals surface area (Å²) in [6.07, 6.45) is 1.36. The maximum Gasteiger partial charge on any atom is 0.335 e. The molecule has 1 saturated heterocycles. The van der Waals surface area contributed by atoms with Gasteiger partial charge in [0.2, 0.25) is 0 Å². The smallest absolute Gasteiger partial charge is 0.335 e. The van der Waals surface area contributed by atoms with Gasteiger partial charge in [0.25, 0.3) is 11.8 Å². The predicted octanol–water partition coefficient (Wildman–Crippen LogP) is 3.32. The largest absolute Gasteiger partial charge is 0.496 e. The van der Waals surface area contributed by atoms with E-state index in [-0.39, 0.29) is 5.57 Å². The number of hydrogen-bond acceptors (Lipinski definition) is 4. The SMILES string of the molecule is COc1ccc(Cl)cc1/C=C1\C(=O)NC(=O)N(c2ccc(C)cc2)C1=O. The number of rotatable bonds is 3. The lowest BCUT2D eigenvalue weighted by Crippen LogP contribution is -2.54. The molecule has 2 aromatic rings. The fourth-order valence-corrected chi connectivity index (χ4v) is 2.74. The van der Waals surface area contributed by atoms with Gasteiger partial charge in [-0.1, -0.05) is 29.3 Å². The predicted molar refractivity (Wildman–Crippen MR) is 98.2 cm³/mol. The van der Waals surface area contributed by atoms with Gasteiger partial charge in [0, 0.05) is 10.6 Å². The highest BCUT2D eigenvalue weighted by Gasteiger charge is 2.36. The van der Waals surface area contributed by atoms with E-state index in [1.807, 2.05) is 6.92 Å². The van der Waals surface area contributed by atoms with Gasteiger partial charge in [0.15, 0.2) is 0 Å². The number of carbonyl (C=O) groups is 3. The molecule has 6 nitrogen and oxygen atoms in total. The zero-order valence-electron chi connectivity index (χ0n) is 14.1. The summed E-state index contributed by atoms with van der Waals surface area (Å²) in [6.45, 7) is 1.89. The number of ether oxygens (including phenoxy) is 1. The number of anilines is 1. The topological polar surface area (TPSA) is 75.7 Å². The molecule has 1 N–H and O–H groups in total. The Morgan fingerprint density at radius 2 is 1.77 bits per heavy atom. The summed E-state index contributed by atoms with van der Waals surface area (Å²) in [4.78, 5) is 38.1. The molecule has 132 valence electrons. The maximum absolute atomic E-state index is 12.8. The summed E-state index contributed by atoms with van der Waals surface area (Å²) in [5.74, 6) is -1.05. The first-order valence-electron chi connectivity index (χ1n) is 7.72. The summed E-state index contributed by atoms with van der Waals surface area (Å²) in [5.41, 5.74) is 1.62. The first-order chi connectivity index (χ1) is 12.4. The Balaban J connectivity index is 2.06. The Hall–Kier alpha value is -3.12. The van der Waals surface area contributed by atoms with Crippen LogP contribution in [0.3, 0.4) is 0 Å². The van der Waals surface area contributed by atoms with Gasteiger partial charge in [-0.2, -0.15) is 0 Å². The average molecular weight is 371 g/mol. The van der Waals surface area contributed by atoms with Crippen molar-refractivity contribution in [3.05, 3.63) is 64.2 Å². The van der Waals surface area contributed by atoms with Crippen molar-refractivity contribution in [1.29, 1.82) is 0 Å². The summed E-state index contributed by atoms with van der Waals surface area (Å²) >= 11 is 5.99. The molecule has 0 unspecified atom stereocenters. The van der Waals surface area contributed by atoms with Crippen LogP contribution < -0.4 is 15.0 Å². The molecule has 2 aromatic carbocycles. The third-order valence-electron chi connectivity index (χ3n) is 3.89. The molecule has 0 saturated carbocycles. The normalized spacial score (nSPS) is 16.0. The monoisotopic (exact) mass is 370 g/mol. The van der Waals surface area contributed by atoms with Crippen LogP contribution in [0.15, 0.2) is 48.0 Å². The van der Waals surface area contributed by atoms with E-state index in [2.05, 4.69) is 5.32 Å². The van der Waals surface area contributed by atoms with Crippen LogP contribution in [0.25, 0.3) is 6.08 Å². The summed E-state index contributed by atoms with van der Waals surface area (Å²) in [5, 5.41) is 2.60. The number of aryl methyl sites for hydroxylation is 1. The van der Waals surface area contributed by atoms with Gasteiger partial charge < -0.3 is 4.74 Å². The lowest BCUT2D eigenvalue weighted by atomic mass is 10.1. The second-order valence-electron chi connectivity index (χ2n) is 5.68. The van der Waals surface area contributed by atoms with Gasteiger partial charge in [-0.05, 0) is 43.3 Å². The van der Waals surface area contributed by atoms with Crippen LogP contribution in [0.5, 0.6) is 5.75 Å². The van der Waals surface area contributed by atoms with Crippen molar-refractivity contribution >= 4 is 41.2 Å². The minimum absolute atomic E-state index is 0.189. The maximum atomic E-state index is 12.8. The average Bonchev–Trinajstić information content (AvgIpc) is 2.60. The zero-order chi connectivity index (χ0) is 18.8. The van der Waals surface area contributed by atoms with Gasteiger partial charge in [-0.15, -0.1) is 0 Å². The van der Waals surface area contributed by atoms with Gasteiger partial charge in [-0.25, -0.2) is 9.69 Å². The van der Waals surface area contributed by atoms with Crippen molar-refractivity contribution in [2.45, 2.75) is 6.92 Å². The van der Waals surface area contributed by atoms with E-state index in [0.29, 0.717) is 22.0 Å².